The molecule has 0 saturated heterocycles. The second-order valence-corrected chi connectivity index (χ2v) is 17.0. The lowest BCUT2D eigenvalue weighted by Crippen LogP contribution is -2.17. The van der Waals surface area contributed by atoms with Crippen molar-refractivity contribution in [1.29, 1.82) is 0 Å². The number of hydrogen-bond donors (Lipinski definition) is 0. The van der Waals surface area contributed by atoms with E-state index < -0.39 is 0 Å². The molecule has 0 aliphatic heterocycles. The molecule has 0 bridgehead atoms. The van der Waals surface area contributed by atoms with Gasteiger partial charge >= 0.3 is 0 Å². The summed E-state index contributed by atoms with van der Waals surface area (Å²) >= 11 is 3.89. The smallest absolute Gasteiger partial charge is 0.0232 e. The SMILES string of the molecule is CC(C)(C)c1cc(CSc2cccc(SCc3cc(C(C)(C)C)cc(C(C)(C)C)c3)c2)cc(C(C)(C)C)c1. The van der Waals surface area contributed by atoms with Gasteiger partial charge in [-0.05, 0) is 73.2 Å². The molecule has 3 aromatic rings. The number of thioether (sulfide) groups is 2. The van der Waals surface area contributed by atoms with Gasteiger partial charge in [0.1, 0.15) is 0 Å². The molecule has 3 aromatic carbocycles. The van der Waals surface area contributed by atoms with E-state index in [4.69, 9.17) is 0 Å². The van der Waals surface area contributed by atoms with E-state index in [9.17, 15) is 0 Å². The van der Waals surface area contributed by atoms with Gasteiger partial charge in [0.15, 0.2) is 0 Å². The van der Waals surface area contributed by atoms with E-state index in [0.717, 1.165) is 11.5 Å². The predicted molar refractivity (Wildman–Crippen MR) is 173 cm³/mol. The number of rotatable bonds is 6. The van der Waals surface area contributed by atoms with Crippen LogP contribution >= 0.6 is 23.5 Å². The van der Waals surface area contributed by atoms with Crippen LogP contribution in [-0.4, -0.2) is 0 Å². The summed E-state index contributed by atoms with van der Waals surface area (Å²) in [5, 5.41) is 0. The van der Waals surface area contributed by atoms with Crippen LogP contribution in [0.25, 0.3) is 0 Å². The Hall–Kier alpha value is -1.64. The van der Waals surface area contributed by atoms with Gasteiger partial charge in [0.2, 0.25) is 0 Å². The van der Waals surface area contributed by atoms with E-state index in [2.05, 4.69) is 144 Å². The highest BCUT2D eigenvalue weighted by molar-refractivity contribution is 7.99. The Kier molecular flexibility index (Phi) is 9.32. The highest BCUT2D eigenvalue weighted by atomic mass is 32.2. The highest BCUT2D eigenvalue weighted by Crippen LogP contribution is 2.35. The molecule has 0 fully saturated rings. The normalized spacial score (nSPS) is 13.2. The van der Waals surface area contributed by atoms with Gasteiger partial charge in [-0.3, -0.25) is 0 Å². The summed E-state index contributed by atoms with van der Waals surface area (Å²) in [6.07, 6.45) is 0. The summed E-state index contributed by atoms with van der Waals surface area (Å²) in [5.74, 6) is 1.98. The molecule has 38 heavy (non-hydrogen) atoms. The van der Waals surface area contributed by atoms with E-state index >= 15 is 0 Å². The molecule has 0 nitrogen and oxygen atoms in total. The molecule has 0 aliphatic rings. The monoisotopic (exact) mass is 546 g/mol. The van der Waals surface area contributed by atoms with Gasteiger partial charge in [-0.2, -0.15) is 0 Å². The lowest BCUT2D eigenvalue weighted by molar-refractivity contribution is 0.567. The minimum Gasteiger partial charge on any atom is -0.121 e. The molecular weight excluding hydrogens is 497 g/mol. The topological polar surface area (TPSA) is 0 Å². The average molecular weight is 547 g/mol. The Morgan fingerprint density at radius 2 is 0.711 bits per heavy atom. The van der Waals surface area contributed by atoms with Crippen molar-refractivity contribution < 1.29 is 0 Å². The zero-order chi connectivity index (χ0) is 28.5. The molecule has 0 saturated carbocycles. The second kappa shape index (κ2) is 11.5. The van der Waals surface area contributed by atoms with Crippen molar-refractivity contribution in [2.45, 2.75) is 126 Å². The number of hydrogen-bond acceptors (Lipinski definition) is 2. The third-order valence-electron chi connectivity index (χ3n) is 7.07. The van der Waals surface area contributed by atoms with Crippen molar-refractivity contribution >= 4 is 23.5 Å². The van der Waals surface area contributed by atoms with Crippen molar-refractivity contribution in [3.63, 3.8) is 0 Å². The van der Waals surface area contributed by atoms with Gasteiger partial charge in [-0.15, -0.1) is 23.5 Å². The maximum atomic E-state index is 2.41. The summed E-state index contributed by atoms with van der Waals surface area (Å²) < 4.78 is 0. The first kappa shape index (κ1) is 30.9. The summed E-state index contributed by atoms with van der Waals surface area (Å²) in [6.45, 7) is 27.8. The Labute approximate surface area is 242 Å². The van der Waals surface area contributed by atoms with Gasteiger partial charge in [0, 0.05) is 21.3 Å². The molecule has 0 amide bonds. The van der Waals surface area contributed by atoms with Gasteiger partial charge in [0.25, 0.3) is 0 Å². The van der Waals surface area contributed by atoms with Crippen LogP contribution in [0.3, 0.4) is 0 Å². The summed E-state index contributed by atoms with van der Waals surface area (Å²) in [6, 6.07) is 23.6. The van der Waals surface area contributed by atoms with Crippen LogP contribution in [0.2, 0.25) is 0 Å². The summed E-state index contributed by atoms with van der Waals surface area (Å²) in [4.78, 5) is 2.68. The first-order valence-electron chi connectivity index (χ1n) is 14.0. The van der Waals surface area contributed by atoms with E-state index in [1.165, 1.54) is 43.2 Å². The molecule has 0 N–H and O–H groups in total. The van der Waals surface area contributed by atoms with Gasteiger partial charge in [-0.25, -0.2) is 0 Å². The van der Waals surface area contributed by atoms with E-state index in [-0.39, 0.29) is 21.7 Å². The molecule has 0 unspecified atom stereocenters. The van der Waals surface area contributed by atoms with E-state index in [1.54, 1.807) is 0 Å². The predicted octanol–water partition coefficient (Wildman–Crippen LogP) is 11.5. The van der Waals surface area contributed by atoms with Crippen molar-refractivity contribution in [2.24, 2.45) is 0 Å². The molecular formula is C36H50S2. The fraction of sp³-hybridized carbons (Fsp3) is 0.500. The maximum Gasteiger partial charge on any atom is 0.0232 e. The van der Waals surface area contributed by atoms with Crippen LogP contribution in [-0.2, 0) is 33.2 Å². The standard InChI is InChI=1S/C36H50S2/c1-33(2,3)27-16-25(17-28(20-27)34(4,5)6)23-37-31-14-13-15-32(22-31)38-24-26-18-29(35(7,8)9)21-30(19-26)36(10,11)12/h13-22H,23-24H2,1-12H3. The molecule has 2 heteroatoms. The third-order valence-corrected chi connectivity index (χ3v) is 9.20. The van der Waals surface area contributed by atoms with Gasteiger partial charge in [0.05, 0.1) is 0 Å². The zero-order valence-electron chi connectivity index (χ0n) is 26.0. The molecule has 0 spiro atoms. The van der Waals surface area contributed by atoms with Gasteiger partial charge in [-0.1, -0.05) is 126 Å². The van der Waals surface area contributed by atoms with Crippen LogP contribution in [0, 0.1) is 0 Å². The van der Waals surface area contributed by atoms with Crippen molar-refractivity contribution in [3.05, 3.63) is 94.0 Å². The first-order chi connectivity index (χ1) is 17.3. The van der Waals surface area contributed by atoms with Crippen LogP contribution < -0.4 is 0 Å². The molecule has 0 atom stereocenters. The second-order valence-electron chi connectivity index (χ2n) is 14.9. The quantitative estimate of drug-likeness (QED) is 0.282. The van der Waals surface area contributed by atoms with E-state index in [0.29, 0.717) is 0 Å². The van der Waals surface area contributed by atoms with Crippen molar-refractivity contribution in [1.82, 2.24) is 0 Å². The Bertz CT molecular complexity index is 1080. The van der Waals surface area contributed by atoms with Crippen LogP contribution in [0.5, 0.6) is 0 Å². The van der Waals surface area contributed by atoms with Crippen LogP contribution in [0.1, 0.15) is 116 Å². The Balaban J connectivity index is 1.77. The molecule has 206 valence electrons. The lowest BCUT2D eigenvalue weighted by Gasteiger charge is -2.26. The fourth-order valence-corrected chi connectivity index (χ4v) is 6.11. The number of benzene rings is 3. The lowest BCUT2D eigenvalue weighted by atomic mass is 9.80. The van der Waals surface area contributed by atoms with Crippen LogP contribution in [0.15, 0.2) is 70.5 Å². The zero-order valence-corrected chi connectivity index (χ0v) is 27.6. The molecule has 0 aromatic heterocycles. The van der Waals surface area contributed by atoms with Crippen molar-refractivity contribution in [2.75, 3.05) is 0 Å². The highest BCUT2D eigenvalue weighted by Gasteiger charge is 2.22. The van der Waals surface area contributed by atoms with Crippen LogP contribution in [0.4, 0.5) is 0 Å². The van der Waals surface area contributed by atoms with Gasteiger partial charge < -0.3 is 0 Å². The molecule has 3 rings (SSSR count). The minimum absolute atomic E-state index is 0.147. The van der Waals surface area contributed by atoms with E-state index in [1.807, 2.05) is 23.5 Å². The summed E-state index contributed by atoms with van der Waals surface area (Å²) in [5.41, 5.74) is 9.13. The third kappa shape index (κ3) is 8.68. The summed E-state index contributed by atoms with van der Waals surface area (Å²) in [7, 11) is 0. The molecule has 0 heterocycles. The fourth-order valence-electron chi connectivity index (χ4n) is 4.27. The molecule has 0 radical (unpaired) electrons. The molecule has 0 aliphatic carbocycles. The Morgan fingerprint density at radius 1 is 0.421 bits per heavy atom. The van der Waals surface area contributed by atoms with Crippen molar-refractivity contribution in [3.8, 4) is 0 Å². The largest absolute Gasteiger partial charge is 0.121 e. The minimum atomic E-state index is 0.147. The Morgan fingerprint density at radius 3 is 0.974 bits per heavy atom. The average Bonchev–Trinajstić information content (AvgIpc) is 2.79. The first-order valence-corrected chi connectivity index (χ1v) is 15.9. The maximum absolute atomic E-state index is 2.41.